The first-order chi connectivity index (χ1) is 9.30. The van der Waals surface area contributed by atoms with Crippen LogP contribution in [0.25, 0.3) is 11.0 Å². The van der Waals surface area contributed by atoms with E-state index in [1.54, 1.807) is 0 Å². The van der Waals surface area contributed by atoms with Crippen LogP contribution in [0.4, 0.5) is 0 Å². The Morgan fingerprint density at radius 2 is 2.00 bits per heavy atom. The predicted molar refractivity (Wildman–Crippen MR) is 81.6 cm³/mol. The quantitative estimate of drug-likeness (QED) is 0.795. The standard InChI is InChI=1S/C17H25NO/c1-4-7-8-13-9-10-16-15(11-13)14(5-2)17(19-16)12-18-6-3/h9-11,18H,4-8,12H2,1-3H3. The normalized spacial score (nSPS) is 11.3. The summed E-state index contributed by atoms with van der Waals surface area (Å²) < 4.78 is 5.99. The van der Waals surface area contributed by atoms with Crippen molar-refractivity contribution in [2.45, 2.75) is 53.0 Å². The minimum Gasteiger partial charge on any atom is -0.459 e. The molecule has 1 N–H and O–H groups in total. The number of benzene rings is 1. The van der Waals surface area contributed by atoms with Crippen LogP contribution in [0.5, 0.6) is 0 Å². The molecule has 0 bridgehead atoms. The molecule has 0 saturated heterocycles. The third-order valence-electron chi connectivity index (χ3n) is 3.65. The fourth-order valence-electron chi connectivity index (χ4n) is 2.55. The van der Waals surface area contributed by atoms with Crippen molar-refractivity contribution in [3.05, 3.63) is 35.1 Å². The second-order valence-corrected chi connectivity index (χ2v) is 5.07. The third kappa shape index (κ3) is 3.19. The Morgan fingerprint density at radius 3 is 2.68 bits per heavy atom. The van der Waals surface area contributed by atoms with E-state index in [0.29, 0.717) is 0 Å². The number of hydrogen-bond donors (Lipinski definition) is 1. The first-order valence-corrected chi connectivity index (χ1v) is 7.54. The molecule has 1 aromatic heterocycles. The van der Waals surface area contributed by atoms with E-state index in [0.717, 1.165) is 30.9 Å². The van der Waals surface area contributed by atoms with Crippen molar-refractivity contribution in [1.29, 1.82) is 0 Å². The highest BCUT2D eigenvalue weighted by molar-refractivity contribution is 5.83. The number of aryl methyl sites for hydroxylation is 2. The predicted octanol–water partition coefficient (Wildman–Crippen LogP) is 4.45. The summed E-state index contributed by atoms with van der Waals surface area (Å²) in [4.78, 5) is 0. The topological polar surface area (TPSA) is 25.2 Å². The zero-order valence-electron chi connectivity index (χ0n) is 12.4. The zero-order valence-corrected chi connectivity index (χ0v) is 12.4. The molecule has 0 aliphatic heterocycles. The molecule has 2 nitrogen and oxygen atoms in total. The van der Waals surface area contributed by atoms with Crippen LogP contribution in [0.2, 0.25) is 0 Å². The van der Waals surface area contributed by atoms with Crippen LogP contribution >= 0.6 is 0 Å². The molecule has 0 fully saturated rings. The molecule has 0 radical (unpaired) electrons. The summed E-state index contributed by atoms with van der Waals surface area (Å²) in [6, 6.07) is 6.66. The van der Waals surface area contributed by atoms with Crippen LogP contribution in [0.3, 0.4) is 0 Å². The lowest BCUT2D eigenvalue weighted by molar-refractivity contribution is 0.514. The average Bonchev–Trinajstić information content (AvgIpc) is 2.79. The van der Waals surface area contributed by atoms with Crippen molar-refractivity contribution < 1.29 is 4.42 Å². The Bertz CT molecular complexity index is 527. The van der Waals surface area contributed by atoms with Gasteiger partial charge in [-0.15, -0.1) is 0 Å². The fourth-order valence-corrected chi connectivity index (χ4v) is 2.55. The minimum atomic E-state index is 0.832. The molecular weight excluding hydrogens is 234 g/mol. The zero-order chi connectivity index (χ0) is 13.7. The Kier molecular flexibility index (Phi) is 5.03. The molecule has 2 aromatic rings. The van der Waals surface area contributed by atoms with Crippen molar-refractivity contribution in [2.75, 3.05) is 6.54 Å². The van der Waals surface area contributed by atoms with Gasteiger partial charge in [0, 0.05) is 10.9 Å². The van der Waals surface area contributed by atoms with Crippen molar-refractivity contribution in [3.63, 3.8) is 0 Å². The Labute approximate surface area is 116 Å². The van der Waals surface area contributed by atoms with E-state index in [1.165, 1.54) is 35.8 Å². The van der Waals surface area contributed by atoms with Crippen LogP contribution < -0.4 is 5.32 Å². The van der Waals surface area contributed by atoms with E-state index in [1.807, 2.05) is 0 Å². The largest absolute Gasteiger partial charge is 0.459 e. The van der Waals surface area contributed by atoms with Crippen LogP contribution in [0.1, 0.15) is 50.5 Å². The maximum absolute atomic E-state index is 5.99. The summed E-state index contributed by atoms with van der Waals surface area (Å²) >= 11 is 0. The maximum Gasteiger partial charge on any atom is 0.134 e. The van der Waals surface area contributed by atoms with E-state index >= 15 is 0 Å². The van der Waals surface area contributed by atoms with Crippen molar-refractivity contribution in [3.8, 4) is 0 Å². The first-order valence-electron chi connectivity index (χ1n) is 7.54. The van der Waals surface area contributed by atoms with Gasteiger partial charge in [-0.25, -0.2) is 0 Å². The number of nitrogens with one attached hydrogen (secondary N) is 1. The maximum atomic E-state index is 5.99. The number of fused-ring (bicyclic) bond motifs is 1. The van der Waals surface area contributed by atoms with Gasteiger partial charge in [0.15, 0.2) is 0 Å². The van der Waals surface area contributed by atoms with Gasteiger partial charge in [-0.1, -0.05) is 33.3 Å². The second-order valence-electron chi connectivity index (χ2n) is 5.07. The van der Waals surface area contributed by atoms with Crippen LogP contribution in [-0.2, 0) is 19.4 Å². The van der Waals surface area contributed by atoms with Gasteiger partial charge in [0.05, 0.1) is 6.54 Å². The highest BCUT2D eigenvalue weighted by atomic mass is 16.3. The summed E-state index contributed by atoms with van der Waals surface area (Å²) in [6.45, 7) is 8.37. The van der Waals surface area contributed by atoms with Crippen molar-refractivity contribution in [2.24, 2.45) is 0 Å². The molecule has 1 heterocycles. The highest BCUT2D eigenvalue weighted by Gasteiger charge is 2.12. The molecule has 2 heteroatoms. The van der Waals surface area contributed by atoms with Gasteiger partial charge in [0.2, 0.25) is 0 Å². The number of furan rings is 1. The highest BCUT2D eigenvalue weighted by Crippen LogP contribution is 2.28. The molecule has 1 aromatic carbocycles. The summed E-state index contributed by atoms with van der Waals surface area (Å²) in [7, 11) is 0. The van der Waals surface area contributed by atoms with E-state index < -0.39 is 0 Å². The van der Waals surface area contributed by atoms with Crippen LogP contribution in [0.15, 0.2) is 22.6 Å². The van der Waals surface area contributed by atoms with E-state index in [9.17, 15) is 0 Å². The monoisotopic (exact) mass is 259 g/mol. The molecule has 0 saturated carbocycles. The average molecular weight is 259 g/mol. The van der Waals surface area contributed by atoms with Crippen LogP contribution in [0, 0.1) is 0 Å². The Hall–Kier alpha value is -1.28. The van der Waals surface area contributed by atoms with E-state index in [4.69, 9.17) is 4.42 Å². The van der Waals surface area contributed by atoms with Gasteiger partial charge in [-0.05, 0) is 43.5 Å². The Balaban J connectivity index is 2.34. The number of rotatable bonds is 7. The fraction of sp³-hybridized carbons (Fsp3) is 0.529. The molecular formula is C17H25NO. The van der Waals surface area contributed by atoms with Gasteiger partial charge < -0.3 is 9.73 Å². The molecule has 19 heavy (non-hydrogen) atoms. The summed E-state index contributed by atoms with van der Waals surface area (Å²) in [5, 5.41) is 4.66. The number of unbranched alkanes of at least 4 members (excludes halogenated alkanes) is 1. The van der Waals surface area contributed by atoms with Gasteiger partial charge >= 0.3 is 0 Å². The van der Waals surface area contributed by atoms with Gasteiger partial charge in [-0.2, -0.15) is 0 Å². The molecule has 104 valence electrons. The lowest BCUT2D eigenvalue weighted by Crippen LogP contribution is -2.12. The SMILES string of the molecule is CCCCc1ccc2oc(CNCC)c(CC)c2c1. The molecule has 0 amide bonds. The minimum absolute atomic E-state index is 0.832. The molecule has 2 rings (SSSR count). The smallest absolute Gasteiger partial charge is 0.134 e. The van der Waals surface area contributed by atoms with Crippen molar-refractivity contribution in [1.82, 2.24) is 5.32 Å². The molecule has 0 unspecified atom stereocenters. The second kappa shape index (κ2) is 6.76. The third-order valence-corrected chi connectivity index (χ3v) is 3.65. The van der Waals surface area contributed by atoms with Crippen molar-refractivity contribution >= 4 is 11.0 Å². The van der Waals surface area contributed by atoms with Gasteiger partial charge in [0.25, 0.3) is 0 Å². The first kappa shape index (κ1) is 14.1. The van der Waals surface area contributed by atoms with E-state index in [-0.39, 0.29) is 0 Å². The van der Waals surface area contributed by atoms with Gasteiger partial charge in [0.1, 0.15) is 11.3 Å². The lowest BCUT2D eigenvalue weighted by atomic mass is 10.0. The number of hydrogen-bond acceptors (Lipinski definition) is 2. The summed E-state index contributed by atoms with van der Waals surface area (Å²) in [5.41, 5.74) is 3.83. The molecule has 0 aliphatic carbocycles. The summed E-state index contributed by atoms with van der Waals surface area (Å²) in [5.74, 6) is 1.10. The van der Waals surface area contributed by atoms with Gasteiger partial charge in [-0.3, -0.25) is 0 Å². The van der Waals surface area contributed by atoms with Crippen LogP contribution in [-0.4, -0.2) is 6.54 Å². The molecule has 0 atom stereocenters. The van der Waals surface area contributed by atoms with E-state index in [2.05, 4.69) is 44.3 Å². The molecule has 0 spiro atoms. The summed E-state index contributed by atoms with van der Waals surface area (Å²) in [6.07, 6.45) is 4.71. The lowest BCUT2D eigenvalue weighted by Gasteiger charge is -2.01. The Morgan fingerprint density at radius 1 is 1.16 bits per heavy atom. The molecule has 0 aliphatic rings.